The Morgan fingerprint density at radius 3 is 2.36 bits per heavy atom. The highest BCUT2D eigenvalue weighted by Crippen LogP contribution is 2.31. The van der Waals surface area contributed by atoms with Gasteiger partial charge in [-0.15, -0.1) is 4.40 Å². The van der Waals surface area contributed by atoms with Crippen molar-refractivity contribution in [1.82, 2.24) is 5.01 Å². The van der Waals surface area contributed by atoms with Crippen LogP contribution in [0.25, 0.3) is 10.8 Å². The molecule has 8 heteroatoms. The van der Waals surface area contributed by atoms with Gasteiger partial charge in [0.05, 0.1) is 10.6 Å². The molecule has 0 radical (unpaired) electrons. The minimum atomic E-state index is -3.93. The minimum absolute atomic E-state index is 0.0730. The van der Waals surface area contributed by atoms with Crippen LogP contribution < -0.4 is 0 Å². The molecule has 36 heavy (non-hydrogen) atoms. The maximum atomic E-state index is 13.3. The first-order valence-electron chi connectivity index (χ1n) is 11.5. The summed E-state index contributed by atoms with van der Waals surface area (Å²) in [6.45, 7) is 0.545. The van der Waals surface area contributed by atoms with E-state index in [-0.39, 0.29) is 10.8 Å². The summed E-state index contributed by atoms with van der Waals surface area (Å²) in [5, 5.41) is 9.44. The first-order valence-corrected chi connectivity index (χ1v) is 14.5. The van der Waals surface area contributed by atoms with Crippen LogP contribution in [0, 0.1) is 0 Å². The topological polar surface area (TPSA) is 62.1 Å². The summed E-state index contributed by atoms with van der Waals surface area (Å²) >= 11 is 7.40. The molecule has 0 N–H and O–H groups in total. The number of amidine groups is 1. The number of hydrogen-bond acceptors (Lipinski definition) is 4. The largest absolute Gasteiger partial charge is 0.284 e. The van der Waals surface area contributed by atoms with Crippen molar-refractivity contribution in [2.75, 3.05) is 12.8 Å². The molecule has 0 saturated heterocycles. The standard InChI is InChI=1S/C28H24ClN3O2S2/c1-35-28(31-36(33,34)25-16-13-20-7-5-6-10-23(20)19-25)32-18-17-26(21-8-3-2-4-9-21)27(30-32)22-11-14-24(29)15-12-22/h2-16,19,26H,17-18H2,1H3/b31-28-. The van der Waals surface area contributed by atoms with E-state index in [1.807, 2.05) is 73.0 Å². The molecule has 0 bridgehead atoms. The average molecular weight is 534 g/mol. The molecule has 1 aliphatic rings. The molecule has 0 aromatic heterocycles. The highest BCUT2D eigenvalue weighted by molar-refractivity contribution is 8.13. The van der Waals surface area contributed by atoms with E-state index in [1.165, 1.54) is 11.8 Å². The van der Waals surface area contributed by atoms with Gasteiger partial charge in [0.1, 0.15) is 0 Å². The van der Waals surface area contributed by atoms with E-state index < -0.39 is 10.0 Å². The van der Waals surface area contributed by atoms with Gasteiger partial charge < -0.3 is 0 Å². The van der Waals surface area contributed by atoms with E-state index in [0.717, 1.165) is 34.0 Å². The van der Waals surface area contributed by atoms with Crippen molar-refractivity contribution in [1.29, 1.82) is 0 Å². The summed E-state index contributed by atoms with van der Waals surface area (Å²) in [7, 11) is -3.93. The van der Waals surface area contributed by atoms with Crippen LogP contribution in [0.3, 0.4) is 0 Å². The molecule has 1 unspecified atom stereocenters. The van der Waals surface area contributed by atoms with Gasteiger partial charge in [0, 0.05) is 17.5 Å². The lowest BCUT2D eigenvalue weighted by Gasteiger charge is -2.31. The van der Waals surface area contributed by atoms with Gasteiger partial charge in [-0.25, -0.2) is 5.01 Å². The first kappa shape index (κ1) is 24.6. The quantitative estimate of drug-likeness (QED) is 0.214. The molecule has 1 aliphatic heterocycles. The van der Waals surface area contributed by atoms with Gasteiger partial charge in [-0.2, -0.15) is 13.5 Å². The van der Waals surface area contributed by atoms with Crippen LogP contribution >= 0.6 is 23.4 Å². The molecule has 182 valence electrons. The molecular weight excluding hydrogens is 510 g/mol. The van der Waals surface area contributed by atoms with Gasteiger partial charge in [-0.3, -0.25) is 0 Å². The third-order valence-electron chi connectivity index (χ3n) is 6.15. The Balaban J connectivity index is 1.54. The SMILES string of the molecule is CS/C(=N\S(=O)(=O)c1ccc2ccccc2c1)N1CCC(c2ccccc2)C(c2ccc(Cl)cc2)=N1. The van der Waals surface area contributed by atoms with Crippen molar-refractivity contribution in [2.24, 2.45) is 9.50 Å². The summed E-state index contributed by atoms with van der Waals surface area (Å²) in [5.74, 6) is 0.0730. The zero-order chi connectivity index (χ0) is 25.1. The lowest BCUT2D eigenvalue weighted by molar-refractivity contribution is 0.411. The fourth-order valence-corrected chi connectivity index (χ4v) is 6.32. The normalized spacial score (nSPS) is 16.7. The van der Waals surface area contributed by atoms with Gasteiger partial charge in [0.25, 0.3) is 10.0 Å². The molecular formula is C28H24ClN3O2S2. The summed E-state index contributed by atoms with van der Waals surface area (Å²) in [4.78, 5) is 0.161. The maximum Gasteiger partial charge on any atom is 0.284 e. The third-order valence-corrected chi connectivity index (χ3v) is 8.45. The number of sulfonamides is 1. The van der Waals surface area contributed by atoms with Gasteiger partial charge in [-0.05, 0) is 58.8 Å². The minimum Gasteiger partial charge on any atom is -0.241 e. The Morgan fingerprint density at radius 1 is 0.944 bits per heavy atom. The zero-order valence-electron chi connectivity index (χ0n) is 19.6. The molecule has 0 aliphatic carbocycles. The van der Waals surface area contributed by atoms with E-state index in [0.29, 0.717) is 16.7 Å². The van der Waals surface area contributed by atoms with Crippen molar-refractivity contribution in [3.63, 3.8) is 0 Å². The summed E-state index contributed by atoms with van der Waals surface area (Å²) in [6.07, 6.45) is 2.58. The van der Waals surface area contributed by atoms with Crippen LogP contribution in [-0.2, 0) is 10.0 Å². The predicted molar refractivity (Wildman–Crippen MR) is 151 cm³/mol. The molecule has 1 heterocycles. The predicted octanol–water partition coefficient (Wildman–Crippen LogP) is 6.79. The van der Waals surface area contributed by atoms with E-state index in [1.54, 1.807) is 23.2 Å². The van der Waals surface area contributed by atoms with Crippen LogP contribution in [0.5, 0.6) is 0 Å². The molecule has 1 atom stereocenters. The van der Waals surface area contributed by atoms with Crippen LogP contribution in [0.15, 0.2) is 111 Å². The number of nitrogens with zero attached hydrogens (tertiary/aromatic N) is 3. The highest BCUT2D eigenvalue weighted by atomic mass is 35.5. The second-order valence-electron chi connectivity index (χ2n) is 8.43. The molecule has 0 fully saturated rings. The van der Waals surface area contributed by atoms with Gasteiger partial charge in [0.2, 0.25) is 0 Å². The average Bonchev–Trinajstić information content (AvgIpc) is 2.92. The lowest BCUT2D eigenvalue weighted by atomic mass is 9.86. The van der Waals surface area contributed by atoms with Crippen molar-refractivity contribution in [3.05, 3.63) is 113 Å². The summed E-state index contributed by atoms with van der Waals surface area (Å²) < 4.78 is 30.8. The molecule has 0 amide bonds. The first-order chi connectivity index (χ1) is 17.4. The van der Waals surface area contributed by atoms with E-state index in [9.17, 15) is 8.42 Å². The van der Waals surface area contributed by atoms with E-state index in [2.05, 4.69) is 16.5 Å². The Morgan fingerprint density at radius 2 is 1.64 bits per heavy atom. The number of thioether (sulfide) groups is 1. The Hall–Kier alpha value is -3.13. The smallest absolute Gasteiger partial charge is 0.241 e. The van der Waals surface area contributed by atoms with Crippen LogP contribution in [0.1, 0.15) is 23.5 Å². The Bertz CT molecular complexity index is 1550. The van der Waals surface area contributed by atoms with Crippen molar-refractivity contribution >= 4 is 55.0 Å². The molecule has 4 aromatic rings. The number of hydrogen-bond donors (Lipinski definition) is 0. The zero-order valence-corrected chi connectivity index (χ0v) is 22.0. The van der Waals surface area contributed by atoms with E-state index in [4.69, 9.17) is 16.7 Å². The Labute approximate surface area is 220 Å². The number of hydrazone groups is 1. The lowest BCUT2D eigenvalue weighted by Crippen LogP contribution is -2.35. The molecule has 5 nitrogen and oxygen atoms in total. The third kappa shape index (κ3) is 5.19. The maximum absolute atomic E-state index is 13.3. The molecule has 0 spiro atoms. The summed E-state index contributed by atoms with van der Waals surface area (Å²) in [6, 6.07) is 30.5. The fraction of sp³-hybridized carbons (Fsp3) is 0.143. The Kier molecular flexibility index (Phi) is 7.14. The van der Waals surface area contributed by atoms with Crippen LogP contribution in [-0.4, -0.2) is 37.1 Å². The number of halogens is 1. The molecule has 0 saturated carbocycles. The van der Waals surface area contributed by atoms with Gasteiger partial charge in [0.15, 0.2) is 5.17 Å². The second-order valence-corrected chi connectivity index (χ2v) is 11.2. The molecule has 4 aromatic carbocycles. The van der Waals surface area contributed by atoms with Crippen molar-refractivity contribution in [2.45, 2.75) is 17.2 Å². The fourth-order valence-electron chi connectivity index (χ4n) is 4.34. The summed E-state index contributed by atoms with van der Waals surface area (Å²) in [5.41, 5.74) is 2.96. The van der Waals surface area contributed by atoms with Gasteiger partial charge >= 0.3 is 0 Å². The number of rotatable bonds is 4. The number of benzene rings is 4. The van der Waals surface area contributed by atoms with E-state index >= 15 is 0 Å². The number of fused-ring (bicyclic) bond motifs is 1. The van der Waals surface area contributed by atoms with Gasteiger partial charge in [-0.1, -0.05) is 96.2 Å². The molecule has 5 rings (SSSR count). The monoisotopic (exact) mass is 533 g/mol. The highest BCUT2D eigenvalue weighted by Gasteiger charge is 2.29. The van der Waals surface area contributed by atoms with Crippen LogP contribution in [0.4, 0.5) is 0 Å². The van der Waals surface area contributed by atoms with Crippen molar-refractivity contribution < 1.29 is 8.42 Å². The van der Waals surface area contributed by atoms with Crippen LogP contribution in [0.2, 0.25) is 5.02 Å². The van der Waals surface area contributed by atoms with Crippen molar-refractivity contribution in [3.8, 4) is 0 Å². The second kappa shape index (κ2) is 10.5.